The van der Waals surface area contributed by atoms with Gasteiger partial charge in [-0.2, -0.15) is 0 Å². The van der Waals surface area contributed by atoms with E-state index in [1.807, 2.05) is 31.2 Å². The number of carbonyl (C=O) groups is 1. The van der Waals surface area contributed by atoms with Crippen molar-refractivity contribution in [3.63, 3.8) is 0 Å². The van der Waals surface area contributed by atoms with Crippen LogP contribution in [0.1, 0.15) is 17.3 Å². The standard InChI is InChI=1S/C20H24ClNO5/c1-5-26-19-17(21)12-14(13-18(19)25-4)20(23)22(2)10-11-27-16-8-6-15(24-3)7-9-16/h6-9,12-13H,5,10-11H2,1-4H3. The van der Waals surface area contributed by atoms with E-state index >= 15 is 0 Å². The molecule has 0 unspecified atom stereocenters. The van der Waals surface area contributed by atoms with Crippen LogP contribution in [-0.2, 0) is 0 Å². The molecule has 2 rings (SSSR count). The van der Waals surface area contributed by atoms with E-state index < -0.39 is 0 Å². The second-order valence-electron chi connectivity index (χ2n) is 5.67. The van der Waals surface area contributed by atoms with Gasteiger partial charge in [-0.1, -0.05) is 11.6 Å². The monoisotopic (exact) mass is 393 g/mol. The molecule has 2 aromatic carbocycles. The lowest BCUT2D eigenvalue weighted by Crippen LogP contribution is -2.30. The van der Waals surface area contributed by atoms with Crippen LogP contribution in [0.3, 0.4) is 0 Å². The number of benzene rings is 2. The average Bonchev–Trinajstić information content (AvgIpc) is 2.69. The highest BCUT2D eigenvalue weighted by Crippen LogP contribution is 2.36. The molecule has 0 N–H and O–H groups in total. The Hall–Kier alpha value is -2.60. The topological polar surface area (TPSA) is 57.2 Å². The van der Waals surface area contributed by atoms with E-state index in [1.165, 1.54) is 7.11 Å². The first kappa shape index (κ1) is 20.7. The molecule has 0 aromatic heterocycles. The number of likely N-dealkylation sites (N-methyl/N-ethyl adjacent to an activating group) is 1. The van der Waals surface area contributed by atoms with Crippen LogP contribution in [0.2, 0.25) is 5.02 Å². The van der Waals surface area contributed by atoms with Crippen LogP contribution < -0.4 is 18.9 Å². The number of ether oxygens (including phenoxy) is 4. The lowest BCUT2D eigenvalue weighted by Gasteiger charge is -2.19. The summed E-state index contributed by atoms with van der Waals surface area (Å²) in [4.78, 5) is 14.2. The Morgan fingerprint density at radius 1 is 1.04 bits per heavy atom. The van der Waals surface area contributed by atoms with E-state index in [9.17, 15) is 4.79 Å². The zero-order chi connectivity index (χ0) is 19.8. The predicted molar refractivity (Wildman–Crippen MR) is 105 cm³/mol. The summed E-state index contributed by atoms with van der Waals surface area (Å²) in [5.74, 6) is 2.15. The third kappa shape index (κ3) is 5.44. The lowest BCUT2D eigenvalue weighted by molar-refractivity contribution is 0.0773. The van der Waals surface area contributed by atoms with Crippen LogP contribution >= 0.6 is 11.6 Å². The average molecular weight is 394 g/mol. The third-order valence-electron chi connectivity index (χ3n) is 3.87. The van der Waals surface area contributed by atoms with Crippen LogP contribution in [0.5, 0.6) is 23.0 Å². The summed E-state index contributed by atoms with van der Waals surface area (Å²) >= 11 is 6.24. The zero-order valence-corrected chi connectivity index (χ0v) is 16.7. The summed E-state index contributed by atoms with van der Waals surface area (Å²) in [5.41, 5.74) is 0.423. The zero-order valence-electron chi connectivity index (χ0n) is 16.0. The first-order valence-electron chi connectivity index (χ1n) is 8.52. The van der Waals surface area contributed by atoms with Crippen molar-refractivity contribution >= 4 is 17.5 Å². The maximum Gasteiger partial charge on any atom is 0.253 e. The number of carbonyl (C=O) groups excluding carboxylic acids is 1. The number of methoxy groups -OCH3 is 2. The summed E-state index contributed by atoms with van der Waals surface area (Å²) in [7, 11) is 4.82. The molecule has 0 radical (unpaired) electrons. The van der Waals surface area contributed by atoms with Crippen LogP contribution in [0.15, 0.2) is 36.4 Å². The van der Waals surface area contributed by atoms with Crippen molar-refractivity contribution in [3.8, 4) is 23.0 Å². The van der Waals surface area contributed by atoms with Crippen molar-refractivity contribution in [3.05, 3.63) is 47.0 Å². The number of hydrogen-bond acceptors (Lipinski definition) is 5. The summed E-state index contributed by atoms with van der Waals surface area (Å²) < 4.78 is 21.5. The quantitative estimate of drug-likeness (QED) is 0.646. The first-order chi connectivity index (χ1) is 13.0. The van der Waals surface area contributed by atoms with Gasteiger partial charge in [0.15, 0.2) is 11.5 Å². The Morgan fingerprint density at radius 3 is 2.30 bits per heavy atom. The van der Waals surface area contributed by atoms with E-state index in [0.717, 1.165) is 5.75 Å². The Morgan fingerprint density at radius 2 is 1.70 bits per heavy atom. The van der Waals surface area contributed by atoms with Crippen LogP contribution in [0, 0.1) is 0 Å². The van der Waals surface area contributed by atoms with E-state index in [1.54, 1.807) is 31.2 Å². The van der Waals surface area contributed by atoms with Gasteiger partial charge in [-0.15, -0.1) is 0 Å². The normalized spacial score (nSPS) is 10.3. The minimum atomic E-state index is -0.184. The van der Waals surface area contributed by atoms with E-state index in [2.05, 4.69) is 0 Å². The van der Waals surface area contributed by atoms with Gasteiger partial charge in [0.1, 0.15) is 18.1 Å². The number of rotatable bonds is 9. The highest BCUT2D eigenvalue weighted by atomic mass is 35.5. The second-order valence-corrected chi connectivity index (χ2v) is 6.08. The lowest BCUT2D eigenvalue weighted by atomic mass is 10.1. The van der Waals surface area contributed by atoms with E-state index in [4.69, 9.17) is 30.5 Å². The Labute approximate surface area is 164 Å². The Bertz CT molecular complexity index is 764. The molecule has 0 aliphatic rings. The van der Waals surface area contributed by atoms with Crippen LogP contribution in [0.25, 0.3) is 0 Å². The fourth-order valence-electron chi connectivity index (χ4n) is 2.42. The van der Waals surface area contributed by atoms with Gasteiger partial charge in [0.2, 0.25) is 0 Å². The molecule has 146 valence electrons. The largest absolute Gasteiger partial charge is 0.497 e. The van der Waals surface area contributed by atoms with Crippen molar-refractivity contribution in [2.45, 2.75) is 6.92 Å². The molecule has 0 spiro atoms. The van der Waals surface area contributed by atoms with E-state index in [0.29, 0.717) is 47.6 Å². The van der Waals surface area contributed by atoms with Crippen molar-refractivity contribution in [1.82, 2.24) is 4.90 Å². The van der Waals surface area contributed by atoms with Gasteiger partial charge in [-0.25, -0.2) is 0 Å². The van der Waals surface area contributed by atoms with E-state index in [-0.39, 0.29) is 5.91 Å². The number of hydrogen-bond donors (Lipinski definition) is 0. The molecule has 0 atom stereocenters. The molecule has 0 fully saturated rings. The van der Waals surface area contributed by atoms with Crippen LogP contribution in [0.4, 0.5) is 0 Å². The minimum Gasteiger partial charge on any atom is -0.497 e. The first-order valence-corrected chi connectivity index (χ1v) is 8.90. The molecule has 0 heterocycles. The van der Waals surface area contributed by atoms with Crippen LogP contribution in [-0.4, -0.2) is 51.8 Å². The maximum absolute atomic E-state index is 12.7. The molecule has 0 bridgehead atoms. The smallest absolute Gasteiger partial charge is 0.253 e. The van der Waals surface area contributed by atoms with Crippen molar-refractivity contribution in [2.24, 2.45) is 0 Å². The maximum atomic E-state index is 12.7. The van der Waals surface area contributed by atoms with Crippen molar-refractivity contribution in [1.29, 1.82) is 0 Å². The van der Waals surface area contributed by atoms with Gasteiger partial charge in [-0.3, -0.25) is 4.79 Å². The van der Waals surface area contributed by atoms with Gasteiger partial charge in [0, 0.05) is 12.6 Å². The third-order valence-corrected chi connectivity index (χ3v) is 4.15. The minimum absolute atomic E-state index is 0.184. The Kier molecular flexibility index (Phi) is 7.61. The predicted octanol–water partition coefficient (Wildman–Crippen LogP) is 3.91. The number of halogens is 1. The van der Waals surface area contributed by atoms with Gasteiger partial charge in [0.25, 0.3) is 5.91 Å². The molecular formula is C20H24ClNO5. The van der Waals surface area contributed by atoms with Crippen molar-refractivity contribution in [2.75, 3.05) is 41.0 Å². The fraction of sp³-hybridized carbons (Fsp3) is 0.350. The summed E-state index contributed by atoms with van der Waals surface area (Å²) in [6, 6.07) is 10.5. The van der Waals surface area contributed by atoms with Gasteiger partial charge in [-0.05, 0) is 43.3 Å². The summed E-state index contributed by atoms with van der Waals surface area (Å²) in [5, 5.41) is 0.336. The molecule has 0 aliphatic carbocycles. The highest BCUT2D eigenvalue weighted by molar-refractivity contribution is 6.32. The summed E-state index contributed by atoms with van der Waals surface area (Å²) in [6.45, 7) is 3.08. The second kappa shape index (κ2) is 9.92. The van der Waals surface area contributed by atoms with Gasteiger partial charge < -0.3 is 23.8 Å². The molecule has 27 heavy (non-hydrogen) atoms. The van der Waals surface area contributed by atoms with Gasteiger partial charge >= 0.3 is 0 Å². The molecule has 0 aliphatic heterocycles. The molecule has 7 heteroatoms. The molecule has 2 aromatic rings. The molecular weight excluding hydrogens is 370 g/mol. The highest BCUT2D eigenvalue weighted by Gasteiger charge is 2.18. The van der Waals surface area contributed by atoms with Gasteiger partial charge in [0.05, 0.1) is 32.4 Å². The molecule has 0 saturated carbocycles. The molecule has 0 saturated heterocycles. The molecule has 1 amide bonds. The molecule has 6 nitrogen and oxygen atoms in total. The SMILES string of the molecule is CCOc1c(Cl)cc(C(=O)N(C)CCOc2ccc(OC)cc2)cc1OC. The summed E-state index contributed by atoms with van der Waals surface area (Å²) in [6.07, 6.45) is 0. The Balaban J connectivity index is 1.98. The number of nitrogens with zero attached hydrogens (tertiary/aromatic N) is 1. The van der Waals surface area contributed by atoms with Crippen molar-refractivity contribution < 1.29 is 23.7 Å². The fourth-order valence-corrected chi connectivity index (χ4v) is 2.69. The number of amides is 1.